The fourth-order valence-corrected chi connectivity index (χ4v) is 8.65. The fraction of sp³-hybridized carbons (Fsp3) is 0.444. The van der Waals surface area contributed by atoms with Crippen molar-refractivity contribution >= 4 is 28.3 Å². The number of carbonyl (C=O) groups is 1. The third kappa shape index (κ3) is 4.87. The second-order valence-corrected chi connectivity index (χ2v) is 13.7. The summed E-state index contributed by atoms with van der Waals surface area (Å²) in [6.07, 6.45) is 7.90. The van der Waals surface area contributed by atoms with Crippen LogP contribution in [-0.2, 0) is 9.53 Å². The maximum atomic E-state index is 17.3. The van der Waals surface area contributed by atoms with Crippen LogP contribution in [0.25, 0.3) is 21.9 Å². The molecule has 8 rings (SSSR count). The number of aliphatic carboxylic acids is 1. The Morgan fingerprint density at radius 2 is 1.90 bits per heavy atom. The summed E-state index contributed by atoms with van der Waals surface area (Å²) in [7, 11) is 1.23. The van der Waals surface area contributed by atoms with Crippen molar-refractivity contribution in [2.75, 3.05) is 45.2 Å². The Hall–Kier alpha value is -4.38. The van der Waals surface area contributed by atoms with Gasteiger partial charge in [-0.3, -0.25) is 4.90 Å². The lowest BCUT2D eigenvalue weighted by Gasteiger charge is -2.42. The topological polar surface area (TPSA) is 98.7 Å². The normalized spacial score (nSPS) is 28.9. The van der Waals surface area contributed by atoms with Gasteiger partial charge in [-0.1, -0.05) is 30.2 Å². The van der Waals surface area contributed by atoms with Gasteiger partial charge in [-0.25, -0.2) is 27.3 Å². The zero-order valence-corrected chi connectivity index (χ0v) is 26.8. The standard InChI is InChI=1S/C36H35F4N5O4/c1-3-23-25(38)11-8-19-6-4-7-24(26(19)23)27-29(39)31-28(32(48-2)30(27)40)33(44-16-21-9-10-22(17-44)41-21)43-36(42-31,34(46)47)49-18-35-12-5-13-45(35)15-20(37)14-35/h1,4,6-8,11,20-22,41-42H,5,9-10,12-18H2,2H3,(H,46,47)/t20-,21?,22?,35+,36?/m1/s1. The summed E-state index contributed by atoms with van der Waals surface area (Å²) in [6.45, 7) is 1.48. The molecular formula is C36H35F4N5O4. The quantitative estimate of drug-likeness (QED) is 0.252. The minimum absolute atomic E-state index is 0.000374. The Morgan fingerprint density at radius 3 is 2.61 bits per heavy atom. The maximum Gasteiger partial charge on any atom is 0.382 e. The van der Waals surface area contributed by atoms with Crippen molar-refractivity contribution in [1.29, 1.82) is 0 Å². The number of hydrogen-bond donors (Lipinski definition) is 3. The van der Waals surface area contributed by atoms with Crippen molar-refractivity contribution in [3.63, 3.8) is 0 Å². The molecule has 3 unspecified atom stereocenters. The SMILES string of the molecule is C#Cc1c(F)ccc2cccc(-c3c(F)c4c(c(OC)c3F)C(N3CC5CCC(C3)N5)=NC(OC[C@@]35CCCN3C[C@H](F)C5)(C(=O)O)N4)c12. The van der Waals surface area contributed by atoms with Gasteiger partial charge in [0, 0.05) is 49.1 Å². The number of nitrogens with one attached hydrogen (secondary N) is 2. The number of aliphatic imine (C=N–C) groups is 1. The molecule has 4 saturated heterocycles. The number of alkyl halides is 1. The number of methoxy groups -OCH3 is 1. The minimum atomic E-state index is -2.56. The molecule has 3 aromatic carbocycles. The molecular weight excluding hydrogens is 642 g/mol. The van der Waals surface area contributed by atoms with E-state index in [1.54, 1.807) is 12.1 Å². The summed E-state index contributed by atoms with van der Waals surface area (Å²) in [5.41, 5.74) is -2.06. The first-order valence-electron chi connectivity index (χ1n) is 16.5. The number of anilines is 1. The molecule has 4 fully saturated rings. The molecule has 256 valence electrons. The first-order valence-corrected chi connectivity index (χ1v) is 16.5. The van der Waals surface area contributed by atoms with Gasteiger partial charge in [0.2, 0.25) is 0 Å². The summed E-state index contributed by atoms with van der Waals surface area (Å²) in [6, 6.07) is 7.38. The third-order valence-corrected chi connectivity index (χ3v) is 10.8. The summed E-state index contributed by atoms with van der Waals surface area (Å²) in [5.74, 6) is -5.17. The Morgan fingerprint density at radius 1 is 1.12 bits per heavy atom. The molecule has 0 amide bonds. The lowest BCUT2D eigenvalue weighted by Crippen LogP contribution is -2.58. The number of terminal acetylenes is 1. The number of nitrogens with zero attached hydrogens (tertiary/aromatic N) is 3. The zero-order valence-electron chi connectivity index (χ0n) is 26.8. The monoisotopic (exact) mass is 677 g/mol. The Balaban J connectivity index is 1.34. The largest absolute Gasteiger partial charge is 0.493 e. The summed E-state index contributed by atoms with van der Waals surface area (Å²) < 4.78 is 75.6. The highest BCUT2D eigenvalue weighted by molar-refractivity contribution is 6.11. The second kappa shape index (κ2) is 11.6. The van der Waals surface area contributed by atoms with E-state index in [1.807, 2.05) is 9.80 Å². The van der Waals surface area contributed by atoms with E-state index >= 15 is 8.78 Å². The van der Waals surface area contributed by atoms with Gasteiger partial charge in [0.1, 0.15) is 17.8 Å². The molecule has 0 saturated carbocycles. The van der Waals surface area contributed by atoms with Gasteiger partial charge in [-0.2, -0.15) is 0 Å². The molecule has 5 aliphatic rings. The van der Waals surface area contributed by atoms with Gasteiger partial charge in [0.25, 0.3) is 0 Å². The van der Waals surface area contributed by atoms with Crippen molar-refractivity contribution in [3.05, 3.63) is 58.9 Å². The van der Waals surface area contributed by atoms with Crippen molar-refractivity contribution < 1.29 is 36.9 Å². The number of halogens is 4. The molecule has 3 N–H and O–H groups in total. The second-order valence-electron chi connectivity index (χ2n) is 13.7. The molecule has 5 atom stereocenters. The summed E-state index contributed by atoms with van der Waals surface area (Å²) >= 11 is 0. The van der Waals surface area contributed by atoms with Crippen LogP contribution in [0.15, 0.2) is 35.3 Å². The Labute approximate surface area is 280 Å². The number of carboxylic acid groups (broad SMARTS) is 1. The molecule has 0 aliphatic carbocycles. The Bertz CT molecular complexity index is 1960. The fourth-order valence-electron chi connectivity index (χ4n) is 8.65. The van der Waals surface area contributed by atoms with Crippen LogP contribution in [0.1, 0.15) is 43.2 Å². The Kier molecular flexibility index (Phi) is 7.55. The predicted molar refractivity (Wildman–Crippen MR) is 175 cm³/mol. The molecule has 9 nitrogen and oxygen atoms in total. The summed E-state index contributed by atoms with van der Waals surface area (Å²) in [4.78, 5) is 21.7. The number of carboxylic acids is 1. The molecule has 5 aliphatic heterocycles. The van der Waals surface area contributed by atoms with Gasteiger partial charge >= 0.3 is 11.8 Å². The van der Waals surface area contributed by atoms with Crippen molar-refractivity contribution in [2.24, 2.45) is 4.99 Å². The van der Waals surface area contributed by atoms with E-state index < -0.39 is 52.2 Å². The zero-order chi connectivity index (χ0) is 34.2. The van der Waals surface area contributed by atoms with E-state index in [1.165, 1.54) is 25.3 Å². The highest BCUT2D eigenvalue weighted by atomic mass is 19.1. The highest BCUT2D eigenvalue weighted by Crippen LogP contribution is 2.48. The predicted octanol–water partition coefficient (Wildman–Crippen LogP) is 4.85. The molecule has 0 spiro atoms. The number of benzene rings is 3. The first-order chi connectivity index (χ1) is 23.6. The van der Waals surface area contributed by atoms with Gasteiger partial charge in [-0.15, -0.1) is 6.42 Å². The lowest BCUT2D eigenvalue weighted by molar-refractivity contribution is -0.165. The van der Waals surface area contributed by atoms with Crippen LogP contribution in [0.4, 0.5) is 23.2 Å². The number of hydrogen-bond acceptors (Lipinski definition) is 8. The van der Waals surface area contributed by atoms with E-state index in [-0.39, 0.29) is 65.3 Å². The van der Waals surface area contributed by atoms with E-state index in [4.69, 9.17) is 15.9 Å². The van der Waals surface area contributed by atoms with Gasteiger partial charge in [0.05, 0.1) is 36.1 Å². The van der Waals surface area contributed by atoms with Gasteiger partial charge < -0.3 is 30.1 Å². The smallest absolute Gasteiger partial charge is 0.382 e. The minimum Gasteiger partial charge on any atom is -0.493 e. The van der Waals surface area contributed by atoms with E-state index in [9.17, 15) is 18.7 Å². The number of piperazine rings is 1. The van der Waals surface area contributed by atoms with Crippen molar-refractivity contribution in [1.82, 2.24) is 15.1 Å². The lowest BCUT2D eigenvalue weighted by atomic mass is 9.91. The molecule has 49 heavy (non-hydrogen) atoms. The maximum absolute atomic E-state index is 17.3. The third-order valence-electron chi connectivity index (χ3n) is 10.8. The number of likely N-dealkylation sites (tertiary alicyclic amines) is 1. The molecule has 5 heterocycles. The molecule has 0 aromatic heterocycles. The van der Waals surface area contributed by atoms with Crippen LogP contribution in [-0.4, -0.2) is 96.3 Å². The molecule has 13 heteroatoms. The van der Waals surface area contributed by atoms with Crippen LogP contribution in [0.5, 0.6) is 5.75 Å². The van der Waals surface area contributed by atoms with Crippen LogP contribution >= 0.6 is 0 Å². The average Bonchev–Trinajstić information content (AvgIpc) is 3.74. The molecule has 2 bridgehead atoms. The van der Waals surface area contributed by atoms with Crippen molar-refractivity contribution in [2.45, 2.75) is 61.7 Å². The average molecular weight is 678 g/mol. The van der Waals surface area contributed by atoms with E-state index in [0.29, 0.717) is 31.4 Å². The van der Waals surface area contributed by atoms with Crippen LogP contribution in [0.2, 0.25) is 0 Å². The van der Waals surface area contributed by atoms with E-state index in [0.717, 1.165) is 19.3 Å². The van der Waals surface area contributed by atoms with Crippen LogP contribution in [0, 0.1) is 29.8 Å². The van der Waals surface area contributed by atoms with Crippen LogP contribution < -0.4 is 15.4 Å². The summed E-state index contributed by atoms with van der Waals surface area (Å²) in [5, 5.41) is 17.6. The number of amidine groups is 1. The number of rotatable bonds is 6. The molecule has 3 aromatic rings. The van der Waals surface area contributed by atoms with Crippen molar-refractivity contribution in [3.8, 4) is 29.2 Å². The number of fused-ring (bicyclic) bond motifs is 5. The van der Waals surface area contributed by atoms with Crippen LogP contribution in [0.3, 0.4) is 0 Å². The molecule has 0 radical (unpaired) electrons. The first kappa shape index (κ1) is 31.9. The highest BCUT2D eigenvalue weighted by Gasteiger charge is 2.54. The van der Waals surface area contributed by atoms with Gasteiger partial charge in [0.15, 0.2) is 17.4 Å². The van der Waals surface area contributed by atoms with E-state index in [2.05, 4.69) is 21.5 Å². The number of ether oxygens (including phenoxy) is 2. The van der Waals surface area contributed by atoms with Gasteiger partial charge in [-0.05, 0) is 49.2 Å².